The number of aliphatic hydroxyl groups is 1. The quantitative estimate of drug-likeness (QED) is 0.746. The summed E-state index contributed by atoms with van der Waals surface area (Å²) in [5.74, 6) is 0.613. The van der Waals surface area contributed by atoms with Crippen LogP contribution in [0.15, 0.2) is 5.83 Å². The van der Waals surface area contributed by atoms with Crippen LogP contribution in [0.2, 0.25) is 0 Å². The summed E-state index contributed by atoms with van der Waals surface area (Å²) in [5.41, 5.74) is 0.380. The predicted molar refractivity (Wildman–Crippen MR) is 89.8 cm³/mol. The molecule has 0 spiro atoms. The summed E-state index contributed by atoms with van der Waals surface area (Å²) in [5, 5.41) is 16.1. The van der Waals surface area contributed by atoms with Crippen molar-refractivity contribution in [2.24, 2.45) is 0 Å². The third kappa shape index (κ3) is 4.60. The van der Waals surface area contributed by atoms with E-state index in [1.54, 1.807) is 0 Å². The van der Waals surface area contributed by atoms with Gasteiger partial charge in [0.2, 0.25) is 11.9 Å². The molecule has 1 aromatic heterocycles. The van der Waals surface area contributed by atoms with Gasteiger partial charge in [-0.3, -0.25) is 0 Å². The van der Waals surface area contributed by atoms with Crippen LogP contribution in [0.4, 0.5) is 16.3 Å². The Morgan fingerprint density at radius 1 is 1.17 bits per heavy atom. The van der Waals surface area contributed by atoms with E-state index in [1.165, 1.54) is 0 Å². The van der Waals surface area contributed by atoms with Crippen molar-refractivity contribution >= 4 is 17.5 Å². The fraction of sp³-hybridized carbons (Fsp3) is 0.688. The van der Waals surface area contributed by atoms with Crippen molar-refractivity contribution in [3.63, 3.8) is 0 Å². The topological polar surface area (TPSA) is 83.0 Å². The number of nitrogens with zero attached hydrogens (tertiary/aromatic N) is 3. The summed E-state index contributed by atoms with van der Waals surface area (Å²) in [6.45, 7) is 8.06. The zero-order valence-corrected chi connectivity index (χ0v) is 14.2. The van der Waals surface area contributed by atoms with E-state index in [0.29, 0.717) is 36.1 Å². The molecule has 0 amide bonds. The maximum Gasteiger partial charge on any atom is 0.228 e. The predicted octanol–water partition coefficient (Wildman–Crippen LogP) is 3.13. The minimum Gasteiger partial charge on any atom is -0.386 e. The molecule has 1 aliphatic rings. The van der Waals surface area contributed by atoms with Gasteiger partial charge >= 0.3 is 0 Å². The Morgan fingerprint density at radius 2 is 1.83 bits per heavy atom. The number of aliphatic hydroxyl groups excluding tert-OH is 1. The van der Waals surface area contributed by atoms with Gasteiger partial charge in [-0.25, -0.2) is 4.39 Å². The highest BCUT2D eigenvalue weighted by Gasteiger charge is 2.25. The maximum atomic E-state index is 14.3. The van der Waals surface area contributed by atoms with Gasteiger partial charge in [0.15, 0.2) is 5.82 Å². The molecule has 7 heteroatoms. The van der Waals surface area contributed by atoms with E-state index in [2.05, 4.69) is 32.5 Å². The van der Waals surface area contributed by atoms with E-state index in [-0.39, 0.29) is 12.1 Å². The van der Waals surface area contributed by atoms with Gasteiger partial charge < -0.3 is 15.7 Å². The lowest BCUT2D eigenvalue weighted by atomic mass is 9.96. The van der Waals surface area contributed by atoms with Crippen molar-refractivity contribution < 1.29 is 9.50 Å². The summed E-state index contributed by atoms with van der Waals surface area (Å²) in [7, 11) is 0. The molecule has 1 aromatic rings. The molecule has 2 atom stereocenters. The lowest BCUT2D eigenvalue weighted by molar-refractivity contribution is 0.165. The number of allylic oxidation sites excluding steroid dienone is 1. The lowest BCUT2D eigenvalue weighted by Gasteiger charge is -2.20. The lowest BCUT2D eigenvalue weighted by Crippen LogP contribution is -2.21. The molecule has 0 radical (unpaired) electrons. The van der Waals surface area contributed by atoms with E-state index in [1.807, 2.05) is 20.8 Å². The summed E-state index contributed by atoms with van der Waals surface area (Å²) < 4.78 is 14.3. The van der Waals surface area contributed by atoms with Gasteiger partial charge in [0.25, 0.3) is 0 Å². The highest BCUT2D eigenvalue weighted by Crippen LogP contribution is 2.32. The van der Waals surface area contributed by atoms with Crippen LogP contribution in [0.3, 0.4) is 0 Å². The van der Waals surface area contributed by atoms with Crippen molar-refractivity contribution in [3.05, 3.63) is 11.7 Å². The Kier molecular flexibility index (Phi) is 5.87. The number of halogens is 1. The molecule has 0 saturated carbocycles. The first-order valence-electron chi connectivity index (χ1n) is 8.26. The highest BCUT2D eigenvalue weighted by molar-refractivity contribution is 5.65. The van der Waals surface area contributed by atoms with Crippen molar-refractivity contribution in [2.75, 3.05) is 10.6 Å². The van der Waals surface area contributed by atoms with Crippen LogP contribution < -0.4 is 10.6 Å². The number of hydrogen-bond donors (Lipinski definition) is 3. The molecule has 3 N–H and O–H groups in total. The summed E-state index contributed by atoms with van der Waals surface area (Å²) >= 11 is 0. The minimum absolute atomic E-state index is 0.150. The largest absolute Gasteiger partial charge is 0.386 e. The molecule has 0 aromatic carbocycles. The Balaban J connectivity index is 2.41. The molecule has 0 fully saturated rings. The minimum atomic E-state index is -1.05. The molecular weight excluding hydrogens is 297 g/mol. The van der Waals surface area contributed by atoms with Gasteiger partial charge in [0.1, 0.15) is 11.9 Å². The molecule has 128 valence electrons. The van der Waals surface area contributed by atoms with E-state index in [4.69, 9.17) is 0 Å². The SMILES string of the molecule is CC[C@H](C)Nc1nc(NC(C)C)nc(C2=C(F)C(O)CCC2)n1. The van der Waals surface area contributed by atoms with Crippen molar-refractivity contribution in [3.8, 4) is 0 Å². The first-order chi connectivity index (χ1) is 10.9. The zero-order valence-electron chi connectivity index (χ0n) is 14.2. The van der Waals surface area contributed by atoms with Gasteiger partial charge in [-0.15, -0.1) is 0 Å². The molecule has 1 heterocycles. The zero-order chi connectivity index (χ0) is 17.0. The molecule has 0 bridgehead atoms. The summed E-state index contributed by atoms with van der Waals surface area (Å²) in [4.78, 5) is 13.0. The molecule has 1 aliphatic carbocycles. The number of anilines is 2. The second kappa shape index (κ2) is 7.68. The van der Waals surface area contributed by atoms with Gasteiger partial charge in [-0.1, -0.05) is 6.92 Å². The molecule has 0 saturated heterocycles. The first-order valence-corrected chi connectivity index (χ1v) is 8.26. The van der Waals surface area contributed by atoms with E-state index < -0.39 is 11.9 Å². The smallest absolute Gasteiger partial charge is 0.228 e. The van der Waals surface area contributed by atoms with Crippen LogP contribution in [0.1, 0.15) is 59.2 Å². The molecule has 23 heavy (non-hydrogen) atoms. The standard InChI is InChI=1S/C16H26FN5O/c1-5-10(4)19-16-21-14(20-15(22-16)18-9(2)3)11-7-6-8-12(23)13(11)17/h9-10,12,23H,5-8H2,1-4H3,(H2,18,19,20,21,22)/t10-,12?/m0/s1. The molecule has 2 rings (SSSR count). The molecule has 0 aliphatic heterocycles. The van der Waals surface area contributed by atoms with Crippen LogP contribution in [0.25, 0.3) is 5.57 Å². The van der Waals surface area contributed by atoms with Gasteiger partial charge in [0, 0.05) is 17.7 Å². The molecule has 6 nitrogen and oxygen atoms in total. The fourth-order valence-electron chi connectivity index (χ4n) is 2.36. The average molecular weight is 323 g/mol. The number of nitrogens with one attached hydrogen (secondary N) is 2. The second-order valence-corrected chi connectivity index (χ2v) is 6.29. The van der Waals surface area contributed by atoms with Crippen molar-refractivity contribution in [1.82, 2.24) is 15.0 Å². The van der Waals surface area contributed by atoms with E-state index >= 15 is 0 Å². The van der Waals surface area contributed by atoms with Crippen LogP contribution in [-0.4, -0.2) is 38.2 Å². The van der Waals surface area contributed by atoms with Crippen LogP contribution in [0, 0.1) is 0 Å². The molecular formula is C16H26FN5O. The van der Waals surface area contributed by atoms with Gasteiger partial charge in [0.05, 0.1) is 0 Å². The van der Waals surface area contributed by atoms with Crippen molar-refractivity contribution in [2.45, 2.75) is 71.6 Å². The average Bonchev–Trinajstić information content (AvgIpc) is 2.49. The number of rotatable bonds is 6. The highest BCUT2D eigenvalue weighted by atomic mass is 19.1. The second-order valence-electron chi connectivity index (χ2n) is 6.29. The Labute approximate surface area is 136 Å². The number of aromatic nitrogens is 3. The van der Waals surface area contributed by atoms with Crippen molar-refractivity contribution in [1.29, 1.82) is 0 Å². The molecule has 1 unspecified atom stereocenters. The number of hydrogen-bond acceptors (Lipinski definition) is 6. The van der Waals surface area contributed by atoms with Crippen LogP contribution >= 0.6 is 0 Å². The first kappa shape index (κ1) is 17.6. The van der Waals surface area contributed by atoms with E-state index in [9.17, 15) is 9.50 Å². The Morgan fingerprint density at radius 3 is 2.43 bits per heavy atom. The monoisotopic (exact) mass is 323 g/mol. The maximum absolute atomic E-state index is 14.3. The van der Waals surface area contributed by atoms with Crippen LogP contribution in [0.5, 0.6) is 0 Å². The van der Waals surface area contributed by atoms with Gasteiger partial charge in [-0.2, -0.15) is 15.0 Å². The third-order valence-electron chi connectivity index (χ3n) is 3.80. The Hall–Kier alpha value is -1.76. The summed E-state index contributed by atoms with van der Waals surface area (Å²) in [6, 6.07) is 0.352. The fourth-order valence-corrected chi connectivity index (χ4v) is 2.36. The normalized spacial score (nSPS) is 19.9. The Bertz CT molecular complexity index is 576. The van der Waals surface area contributed by atoms with E-state index in [0.717, 1.165) is 12.8 Å². The summed E-state index contributed by atoms with van der Waals surface area (Å²) in [6.07, 6.45) is 1.55. The van der Waals surface area contributed by atoms with Crippen LogP contribution in [-0.2, 0) is 0 Å². The van der Waals surface area contributed by atoms with Gasteiger partial charge in [-0.05, 0) is 46.5 Å². The third-order valence-corrected chi connectivity index (χ3v) is 3.80.